The van der Waals surface area contributed by atoms with Crippen LogP contribution in [0.2, 0.25) is 0 Å². The van der Waals surface area contributed by atoms with Crippen molar-refractivity contribution in [1.82, 2.24) is 20.5 Å². The second-order valence-electron chi connectivity index (χ2n) is 4.80. The first kappa shape index (κ1) is 15.9. The van der Waals surface area contributed by atoms with Gasteiger partial charge >= 0.3 is 0 Å². The van der Waals surface area contributed by atoms with Crippen LogP contribution in [0, 0.1) is 6.92 Å². The SMILES string of the molecule is CCOc1ccc(C(C)NC)cc1CSc1n[nH]c(C)n1. The lowest BCUT2D eigenvalue weighted by Gasteiger charge is -2.15. The third-order valence-electron chi connectivity index (χ3n) is 3.25. The minimum atomic E-state index is 0.315. The number of aromatic nitrogens is 3. The first-order valence-corrected chi connectivity index (χ1v) is 8.07. The molecule has 0 saturated heterocycles. The van der Waals surface area contributed by atoms with Gasteiger partial charge in [0.1, 0.15) is 11.6 Å². The summed E-state index contributed by atoms with van der Waals surface area (Å²) in [5, 5.41) is 11.0. The van der Waals surface area contributed by atoms with E-state index in [1.54, 1.807) is 11.8 Å². The molecule has 21 heavy (non-hydrogen) atoms. The molecule has 2 rings (SSSR count). The van der Waals surface area contributed by atoms with E-state index in [9.17, 15) is 0 Å². The van der Waals surface area contributed by atoms with Gasteiger partial charge < -0.3 is 10.1 Å². The fraction of sp³-hybridized carbons (Fsp3) is 0.467. The van der Waals surface area contributed by atoms with E-state index in [1.165, 1.54) is 11.1 Å². The number of aromatic amines is 1. The quantitative estimate of drug-likeness (QED) is 0.770. The number of thioether (sulfide) groups is 1. The summed E-state index contributed by atoms with van der Waals surface area (Å²) in [5.74, 6) is 2.56. The number of hydrogen-bond acceptors (Lipinski definition) is 5. The summed E-state index contributed by atoms with van der Waals surface area (Å²) >= 11 is 1.61. The molecule has 0 aliphatic carbocycles. The Labute approximate surface area is 129 Å². The third kappa shape index (κ3) is 4.22. The zero-order valence-corrected chi connectivity index (χ0v) is 13.8. The average Bonchev–Trinajstić information content (AvgIpc) is 2.91. The van der Waals surface area contributed by atoms with Crippen molar-refractivity contribution in [3.63, 3.8) is 0 Å². The first-order chi connectivity index (χ1) is 10.1. The fourth-order valence-corrected chi connectivity index (χ4v) is 2.80. The van der Waals surface area contributed by atoms with Crippen LogP contribution in [-0.4, -0.2) is 28.8 Å². The molecule has 0 aliphatic heterocycles. The maximum Gasteiger partial charge on any atom is 0.208 e. The van der Waals surface area contributed by atoms with Gasteiger partial charge in [-0.15, -0.1) is 5.10 Å². The van der Waals surface area contributed by atoms with Gasteiger partial charge in [-0.3, -0.25) is 5.10 Å². The molecule has 1 atom stereocenters. The molecule has 0 spiro atoms. The topological polar surface area (TPSA) is 62.8 Å². The number of nitrogens with one attached hydrogen (secondary N) is 2. The predicted molar refractivity (Wildman–Crippen MR) is 85.8 cm³/mol. The number of aryl methyl sites for hydroxylation is 1. The van der Waals surface area contributed by atoms with E-state index in [0.29, 0.717) is 12.6 Å². The molecule has 5 nitrogen and oxygen atoms in total. The molecule has 114 valence electrons. The molecule has 1 aromatic heterocycles. The van der Waals surface area contributed by atoms with E-state index in [2.05, 4.69) is 39.6 Å². The standard InChI is InChI=1S/C15H22N4OS/c1-5-20-14-7-6-12(10(2)16-4)8-13(14)9-21-15-17-11(3)18-19-15/h6-8,10,16H,5,9H2,1-4H3,(H,17,18,19). The van der Waals surface area contributed by atoms with Crippen molar-refractivity contribution in [2.75, 3.05) is 13.7 Å². The second-order valence-corrected chi connectivity index (χ2v) is 5.75. The number of rotatable bonds is 7. The van der Waals surface area contributed by atoms with Crippen molar-refractivity contribution < 1.29 is 4.74 Å². The highest BCUT2D eigenvalue weighted by Gasteiger charge is 2.10. The van der Waals surface area contributed by atoms with Crippen LogP contribution in [0.15, 0.2) is 23.4 Å². The van der Waals surface area contributed by atoms with E-state index in [0.717, 1.165) is 22.5 Å². The summed E-state index contributed by atoms with van der Waals surface area (Å²) in [6.45, 7) is 6.71. The maximum atomic E-state index is 5.72. The Balaban J connectivity index is 2.17. The molecular weight excluding hydrogens is 284 g/mol. The molecule has 0 amide bonds. The summed E-state index contributed by atoms with van der Waals surface area (Å²) in [6, 6.07) is 6.66. The largest absolute Gasteiger partial charge is 0.494 e. The summed E-state index contributed by atoms with van der Waals surface area (Å²) in [4.78, 5) is 4.32. The molecule has 0 saturated carbocycles. The molecule has 2 aromatic rings. The number of ether oxygens (including phenoxy) is 1. The first-order valence-electron chi connectivity index (χ1n) is 7.08. The number of hydrogen-bond donors (Lipinski definition) is 2. The van der Waals surface area contributed by atoms with Gasteiger partial charge in [-0.25, -0.2) is 4.98 Å². The molecule has 0 radical (unpaired) electrons. The Morgan fingerprint density at radius 2 is 2.24 bits per heavy atom. The molecule has 0 aliphatic rings. The number of benzene rings is 1. The Morgan fingerprint density at radius 1 is 1.43 bits per heavy atom. The molecule has 2 N–H and O–H groups in total. The van der Waals surface area contributed by atoms with Gasteiger partial charge in [-0.1, -0.05) is 17.8 Å². The maximum absolute atomic E-state index is 5.72. The molecule has 6 heteroatoms. The van der Waals surface area contributed by atoms with E-state index in [-0.39, 0.29) is 0 Å². The van der Waals surface area contributed by atoms with Gasteiger partial charge in [0.2, 0.25) is 5.16 Å². The van der Waals surface area contributed by atoms with Crippen LogP contribution in [0.4, 0.5) is 0 Å². The van der Waals surface area contributed by atoms with Crippen LogP contribution in [0.5, 0.6) is 5.75 Å². The van der Waals surface area contributed by atoms with Crippen LogP contribution in [0.3, 0.4) is 0 Å². The Morgan fingerprint density at radius 3 is 2.86 bits per heavy atom. The summed E-state index contributed by atoms with van der Waals surface area (Å²) in [7, 11) is 1.96. The third-order valence-corrected chi connectivity index (χ3v) is 4.15. The van der Waals surface area contributed by atoms with Gasteiger partial charge in [0.15, 0.2) is 0 Å². The van der Waals surface area contributed by atoms with E-state index >= 15 is 0 Å². The highest BCUT2D eigenvalue weighted by atomic mass is 32.2. The van der Waals surface area contributed by atoms with Crippen molar-refractivity contribution in [3.8, 4) is 5.75 Å². The van der Waals surface area contributed by atoms with Gasteiger partial charge in [-0.2, -0.15) is 0 Å². The second kappa shape index (κ2) is 7.47. The van der Waals surface area contributed by atoms with Crippen LogP contribution in [0.25, 0.3) is 0 Å². The van der Waals surface area contributed by atoms with E-state index in [4.69, 9.17) is 4.74 Å². The van der Waals surface area contributed by atoms with Crippen molar-refractivity contribution in [3.05, 3.63) is 35.2 Å². The molecule has 1 heterocycles. The van der Waals surface area contributed by atoms with Crippen molar-refractivity contribution in [2.24, 2.45) is 0 Å². The van der Waals surface area contributed by atoms with Crippen LogP contribution in [0.1, 0.15) is 36.8 Å². The molecular formula is C15H22N4OS. The minimum Gasteiger partial charge on any atom is -0.494 e. The van der Waals surface area contributed by atoms with Crippen molar-refractivity contribution in [2.45, 2.75) is 37.7 Å². The molecule has 1 unspecified atom stereocenters. The number of nitrogens with zero attached hydrogens (tertiary/aromatic N) is 2. The molecule has 1 aromatic carbocycles. The smallest absolute Gasteiger partial charge is 0.208 e. The van der Waals surface area contributed by atoms with Crippen LogP contribution in [-0.2, 0) is 5.75 Å². The molecule has 0 bridgehead atoms. The summed E-state index contributed by atoms with van der Waals surface area (Å²) < 4.78 is 5.72. The lowest BCUT2D eigenvalue weighted by molar-refractivity contribution is 0.337. The molecule has 0 fully saturated rings. The van der Waals surface area contributed by atoms with Crippen molar-refractivity contribution in [1.29, 1.82) is 0 Å². The van der Waals surface area contributed by atoms with Gasteiger partial charge in [0.05, 0.1) is 6.61 Å². The highest BCUT2D eigenvalue weighted by Crippen LogP contribution is 2.29. The normalized spacial score (nSPS) is 12.4. The Hall–Kier alpha value is -1.53. The van der Waals surface area contributed by atoms with E-state index < -0.39 is 0 Å². The lowest BCUT2D eigenvalue weighted by atomic mass is 10.1. The van der Waals surface area contributed by atoms with Crippen molar-refractivity contribution >= 4 is 11.8 Å². The summed E-state index contributed by atoms with van der Waals surface area (Å²) in [5.41, 5.74) is 2.42. The fourth-order valence-electron chi connectivity index (χ4n) is 1.97. The predicted octanol–water partition coefficient (Wildman–Crippen LogP) is 3.08. The zero-order chi connectivity index (χ0) is 15.2. The van der Waals surface area contributed by atoms with E-state index in [1.807, 2.05) is 27.0 Å². The minimum absolute atomic E-state index is 0.315. The highest BCUT2D eigenvalue weighted by molar-refractivity contribution is 7.98. The monoisotopic (exact) mass is 306 g/mol. The lowest BCUT2D eigenvalue weighted by Crippen LogP contribution is -2.12. The number of H-pyrrole nitrogens is 1. The Bertz CT molecular complexity index is 585. The van der Waals surface area contributed by atoms with Crippen LogP contribution >= 0.6 is 11.8 Å². The van der Waals surface area contributed by atoms with Gasteiger partial charge in [-0.05, 0) is 45.5 Å². The Kier molecular flexibility index (Phi) is 5.64. The summed E-state index contributed by atoms with van der Waals surface area (Å²) in [6.07, 6.45) is 0. The van der Waals surface area contributed by atoms with Crippen LogP contribution < -0.4 is 10.1 Å². The van der Waals surface area contributed by atoms with Gasteiger partial charge in [0.25, 0.3) is 0 Å². The average molecular weight is 306 g/mol. The zero-order valence-electron chi connectivity index (χ0n) is 12.9. The van der Waals surface area contributed by atoms with Gasteiger partial charge in [0, 0.05) is 17.4 Å².